The highest BCUT2D eigenvalue weighted by Crippen LogP contribution is 2.34. The Morgan fingerprint density at radius 2 is 1.97 bits per heavy atom. The van der Waals surface area contributed by atoms with E-state index in [-0.39, 0.29) is 6.09 Å². The summed E-state index contributed by atoms with van der Waals surface area (Å²) in [7, 11) is 0. The third kappa shape index (κ3) is 4.64. The Kier molecular flexibility index (Phi) is 5.48. The molecule has 0 aliphatic carbocycles. The Hall–Kier alpha value is -3.28. The summed E-state index contributed by atoms with van der Waals surface area (Å²) in [6, 6.07) is 16.2. The number of hydrogen-bond donors (Lipinski definition) is 1. The third-order valence-electron chi connectivity index (χ3n) is 4.99. The Balaban J connectivity index is 1.63. The molecule has 1 amide bonds. The summed E-state index contributed by atoms with van der Waals surface area (Å²) in [5, 5.41) is 7.18. The molecule has 4 rings (SSSR count). The molecule has 0 bridgehead atoms. The summed E-state index contributed by atoms with van der Waals surface area (Å²) in [6.07, 6.45) is 2.26. The highest BCUT2D eigenvalue weighted by molar-refractivity contribution is 5.70. The van der Waals surface area contributed by atoms with Crippen molar-refractivity contribution in [2.24, 2.45) is 0 Å². The molecule has 0 spiro atoms. The normalized spacial score (nSPS) is 13.6. The van der Waals surface area contributed by atoms with Crippen LogP contribution in [0.25, 0.3) is 11.3 Å². The molecule has 2 aromatic carbocycles. The van der Waals surface area contributed by atoms with E-state index in [4.69, 9.17) is 9.47 Å². The number of aromatic amines is 1. The van der Waals surface area contributed by atoms with Gasteiger partial charge in [0.05, 0.1) is 12.2 Å². The first kappa shape index (κ1) is 20.0. The summed E-state index contributed by atoms with van der Waals surface area (Å²) in [6.45, 7) is 7.19. The van der Waals surface area contributed by atoms with Gasteiger partial charge in [-0.3, -0.25) is 5.10 Å². The lowest BCUT2D eigenvalue weighted by Crippen LogP contribution is -2.40. The lowest BCUT2D eigenvalue weighted by atomic mass is 9.95. The first-order valence-corrected chi connectivity index (χ1v) is 10.2. The van der Waals surface area contributed by atoms with Crippen molar-refractivity contribution in [3.8, 4) is 17.0 Å². The molecule has 0 radical (unpaired) electrons. The zero-order valence-corrected chi connectivity index (χ0v) is 17.6. The van der Waals surface area contributed by atoms with Gasteiger partial charge in [0.1, 0.15) is 18.0 Å². The first-order chi connectivity index (χ1) is 14.4. The van der Waals surface area contributed by atoms with Crippen molar-refractivity contribution in [3.05, 3.63) is 71.4 Å². The van der Waals surface area contributed by atoms with E-state index in [1.807, 2.05) is 69.4 Å². The number of ether oxygens (including phenoxy) is 2. The largest absolute Gasteiger partial charge is 0.489 e. The number of benzene rings is 2. The van der Waals surface area contributed by atoms with Crippen molar-refractivity contribution in [3.63, 3.8) is 0 Å². The third-order valence-corrected chi connectivity index (χ3v) is 4.99. The second kappa shape index (κ2) is 8.22. The molecule has 156 valence electrons. The fourth-order valence-electron chi connectivity index (χ4n) is 3.55. The highest BCUT2D eigenvalue weighted by Gasteiger charge is 2.28. The number of fused-ring (bicyclic) bond motifs is 1. The number of hydrogen-bond acceptors (Lipinski definition) is 4. The molecule has 6 heteroatoms. The van der Waals surface area contributed by atoms with E-state index in [0.29, 0.717) is 19.7 Å². The molecule has 0 fully saturated rings. The van der Waals surface area contributed by atoms with Gasteiger partial charge in [0, 0.05) is 23.9 Å². The number of carbonyl (C=O) groups excluding carboxylic acids is 1. The van der Waals surface area contributed by atoms with Gasteiger partial charge >= 0.3 is 6.09 Å². The zero-order chi connectivity index (χ0) is 21.1. The fraction of sp³-hybridized carbons (Fsp3) is 0.333. The van der Waals surface area contributed by atoms with Crippen LogP contribution in [0.3, 0.4) is 0 Å². The SMILES string of the molecule is CC(C)(C)OC(=O)N1CCc2cc(-c3cc[nH]n3)cc(OCc3ccccc3)c2C1. The number of nitrogens with one attached hydrogen (secondary N) is 1. The van der Waals surface area contributed by atoms with Crippen LogP contribution in [0, 0.1) is 0 Å². The van der Waals surface area contributed by atoms with E-state index in [9.17, 15) is 4.79 Å². The smallest absolute Gasteiger partial charge is 0.410 e. The van der Waals surface area contributed by atoms with Crippen LogP contribution in [0.4, 0.5) is 4.79 Å². The second-order valence-electron chi connectivity index (χ2n) is 8.50. The number of rotatable bonds is 4. The first-order valence-electron chi connectivity index (χ1n) is 10.2. The van der Waals surface area contributed by atoms with Crippen LogP contribution in [-0.2, 0) is 24.3 Å². The summed E-state index contributed by atoms with van der Waals surface area (Å²) in [5.74, 6) is 0.780. The minimum atomic E-state index is -0.520. The molecule has 0 saturated carbocycles. The molecule has 2 heterocycles. The lowest BCUT2D eigenvalue weighted by molar-refractivity contribution is 0.0222. The Morgan fingerprint density at radius 1 is 1.17 bits per heavy atom. The monoisotopic (exact) mass is 405 g/mol. The van der Waals surface area contributed by atoms with E-state index in [1.54, 1.807) is 4.90 Å². The van der Waals surface area contributed by atoms with Crippen LogP contribution in [0.1, 0.15) is 37.5 Å². The van der Waals surface area contributed by atoms with Gasteiger partial charge in [-0.2, -0.15) is 5.10 Å². The van der Waals surface area contributed by atoms with Crippen molar-refractivity contribution >= 4 is 6.09 Å². The van der Waals surface area contributed by atoms with Gasteiger partial charge in [-0.1, -0.05) is 30.3 Å². The van der Waals surface area contributed by atoms with Crippen LogP contribution >= 0.6 is 0 Å². The molecular weight excluding hydrogens is 378 g/mol. The van der Waals surface area contributed by atoms with Gasteiger partial charge in [0.15, 0.2) is 0 Å². The van der Waals surface area contributed by atoms with E-state index in [2.05, 4.69) is 16.3 Å². The number of amides is 1. The maximum Gasteiger partial charge on any atom is 0.410 e. The van der Waals surface area contributed by atoms with Gasteiger partial charge < -0.3 is 14.4 Å². The summed E-state index contributed by atoms with van der Waals surface area (Å²) >= 11 is 0. The van der Waals surface area contributed by atoms with Crippen molar-refractivity contribution in [1.82, 2.24) is 15.1 Å². The molecular formula is C24H27N3O3. The molecule has 1 aliphatic heterocycles. The minimum Gasteiger partial charge on any atom is -0.489 e. The molecule has 1 N–H and O–H groups in total. The summed E-state index contributed by atoms with van der Waals surface area (Å²) in [4.78, 5) is 14.4. The quantitative estimate of drug-likeness (QED) is 0.667. The molecule has 1 aliphatic rings. The average Bonchev–Trinajstić information content (AvgIpc) is 3.26. The zero-order valence-electron chi connectivity index (χ0n) is 17.6. The lowest BCUT2D eigenvalue weighted by Gasteiger charge is -2.32. The van der Waals surface area contributed by atoms with E-state index < -0.39 is 5.60 Å². The number of carbonyl (C=O) groups is 1. The van der Waals surface area contributed by atoms with Crippen molar-refractivity contribution in [2.45, 2.75) is 45.9 Å². The molecule has 0 unspecified atom stereocenters. The van der Waals surface area contributed by atoms with E-state index >= 15 is 0 Å². The Labute approximate surface area is 176 Å². The maximum absolute atomic E-state index is 12.6. The Bertz CT molecular complexity index is 1010. The Morgan fingerprint density at radius 3 is 2.67 bits per heavy atom. The van der Waals surface area contributed by atoms with Crippen molar-refractivity contribution in [1.29, 1.82) is 0 Å². The van der Waals surface area contributed by atoms with Gasteiger partial charge in [-0.15, -0.1) is 0 Å². The molecule has 1 aromatic heterocycles. The van der Waals surface area contributed by atoms with Crippen LogP contribution in [0.2, 0.25) is 0 Å². The van der Waals surface area contributed by atoms with Crippen molar-refractivity contribution < 1.29 is 14.3 Å². The van der Waals surface area contributed by atoms with Gasteiger partial charge in [0.2, 0.25) is 0 Å². The highest BCUT2D eigenvalue weighted by atomic mass is 16.6. The van der Waals surface area contributed by atoms with Crippen LogP contribution < -0.4 is 4.74 Å². The summed E-state index contributed by atoms with van der Waals surface area (Å²) in [5.41, 5.74) is 4.66. The van der Waals surface area contributed by atoms with Crippen LogP contribution in [0.15, 0.2) is 54.7 Å². The summed E-state index contributed by atoms with van der Waals surface area (Å²) < 4.78 is 11.8. The average molecular weight is 405 g/mol. The number of H-pyrrole nitrogens is 1. The van der Waals surface area contributed by atoms with E-state index in [0.717, 1.165) is 34.6 Å². The topological polar surface area (TPSA) is 67.5 Å². The minimum absolute atomic E-state index is 0.293. The predicted molar refractivity (Wildman–Crippen MR) is 115 cm³/mol. The maximum atomic E-state index is 12.6. The van der Waals surface area contributed by atoms with E-state index in [1.165, 1.54) is 5.56 Å². The van der Waals surface area contributed by atoms with Crippen molar-refractivity contribution in [2.75, 3.05) is 6.54 Å². The van der Waals surface area contributed by atoms with Gasteiger partial charge in [-0.25, -0.2) is 4.79 Å². The van der Waals surface area contributed by atoms with Gasteiger partial charge in [-0.05, 0) is 56.5 Å². The van der Waals surface area contributed by atoms with Crippen LogP contribution in [-0.4, -0.2) is 33.3 Å². The fourth-order valence-corrected chi connectivity index (χ4v) is 3.55. The molecule has 30 heavy (non-hydrogen) atoms. The van der Waals surface area contributed by atoms with Gasteiger partial charge in [0.25, 0.3) is 0 Å². The molecule has 0 saturated heterocycles. The molecule has 0 atom stereocenters. The van der Waals surface area contributed by atoms with Crippen LogP contribution in [0.5, 0.6) is 5.75 Å². The molecule has 3 aromatic rings. The second-order valence-corrected chi connectivity index (χ2v) is 8.50. The molecule has 6 nitrogen and oxygen atoms in total. The number of aromatic nitrogens is 2. The standard InChI is InChI=1S/C24H27N3O3/c1-24(2,3)30-23(28)27-12-10-18-13-19(21-9-11-25-26-21)14-22(20(18)15-27)29-16-17-7-5-4-6-8-17/h4-9,11,13-14H,10,12,15-16H2,1-3H3,(H,25,26). The number of nitrogens with zero attached hydrogens (tertiary/aromatic N) is 2. The predicted octanol–water partition coefficient (Wildman–Crippen LogP) is 4.95.